The van der Waals surface area contributed by atoms with E-state index in [1.54, 1.807) is 35.1 Å². The van der Waals surface area contributed by atoms with E-state index in [9.17, 15) is 4.79 Å². The fourth-order valence-corrected chi connectivity index (χ4v) is 5.31. The van der Waals surface area contributed by atoms with Crippen molar-refractivity contribution in [1.29, 1.82) is 0 Å². The lowest BCUT2D eigenvalue weighted by molar-refractivity contribution is -0.115. The number of furan rings is 1. The Morgan fingerprint density at radius 2 is 1.74 bits per heavy atom. The number of halogens is 2. The van der Waals surface area contributed by atoms with Crippen molar-refractivity contribution >= 4 is 74.9 Å². The number of rotatable bonds is 8. The largest absolute Gasteiger partial charge is 0.457 e. The molecule has 5 rings (SSSR count). The summed E-state index contributed by atoms with van der Waals surface area (Å²) >= 11 is 17.8. The van der Waals surface area contributed by atoms with Gasteiger partial charge in [0.2, 0.25) is 5.91 Å². The topological polar surface area (TPSA) is 88.2 Å². The minimum atomic E-state index is -0.412. The standard InChI is InChI=1S/C32H30Cl2N6O2S/c1-5-39(6-2)21-10-13-28(20(4)16-21)40-37-26-17-19(3)25(18-27(26)38-40)35-32(43)36-30(41)15-12-22-11-14-29(42-22)23-8-7-9-24(33)31(23)34/h7-18H,5-6H2,1-4H3,(H2,35,36,41,43)/b15-12+. The Kier molecular flexibility index (Phi) is 9.15. The lowest BCUT2D eigenvalue weighted by Gasteiger charge is -2.22. The average molecular weight is 634 g/mol. The monoisotopic (exact) mass is 632 g/mol. The van der Waals surface area contributed by atoms with Crippen LogP contribution in [0.1, 0.15) is 30.7 Å². The SMILES string of the molecule is CCN(CC)c1ccc(-n2nc3cc(C)c(NC(=S)NC(=O)/C=C/c4ccc(-c5cccc(Cl)c5Cl)o4)cc3n2)c(C)c1. The molecular weight excluding hydrogens is 603 g/mol. The normalized spacial score (nSPS) is 11.3. The summed E-state index contributed by atoms with van der Waals surface area (Å²) in [5.74, 6) is 0.603. The van der Waals surface area contributed by atoms with Gasteiger partial charge in [-0.15, -0.1) is 10.2 Å². The van der Waals surface area contributed by atoms with Gasteiger partial charge in [-0.25, -0.2) is 0 Å². The molecule has 2 heterocycles. The van der Waals surface area contributed by atoms with Gasteiger partial charge in [0, 0.05) is 36.1 Å². The fraction of sp³-hybridized carbons (Fsp3) is 0.188. The van der Waals surface area contributed by atoms with E-state index in [1.165, 1.54) is 11.8 Å². The molecule has 3 aromatic carbocycles. The number of carbonyl (C=O) groups excluding carboxylic acids is 1. The van der Waals surface area contributed by atoms with Gasteiger partial charge in [0.1, 0.15) is 22.6 Å². The van der Waals surface area contributed by atoms with Crippen molar-refractivity contribution in [3.8, 4) is 17.0 Å². The maximum atomic E-state index is 12.6. The second kappa shape index (κ2) is 13.0. The van der Waals surface area contributed by atoms with Gasteiger partial charge in [-0.1, -0.05) is 29.3 Å². The number of thiocarbonyl (C=S) groups is 1. The van der Waals surface area contributed by atoms with Crippen LogP contribution in [0.25, 0.3) is 34.1 Å². The highest BCUT2D eigenvalue weighted by Crippen LogP contribution is 2.34. The Balaban J connectivity index is 1.25. The number of aryl methyl sites for hydroxylation is 2. The first-order valence-electron chi connectivity index (χ1n) is 13.7. The number of hydrogen-bond acceptors (Lipinski definition) is 6. The van der Waals surface area contributed by atoms with Crippen LogP contribution in [0, 0.1) is 13.8 Å². The van der Waals surface area contributed by atoms with Crippen molar-refractivity contribution < 1.29 is 9.21 Å². The Labute approximate surface area is 265 Å². The summed E-state index contributed by atoms with van der Waals surface area (Å²) in [5, 5.41) is 16.2. The van der Waals surface area contributed by atoms with E-state index in [4.69, 9.17) is 50.0 Å². The van der Waals surface area contributed by atoms with Crippen molar-refractivity contribution in [3.05, 3.63) is 93.7 Å². The number of fused-ring (bicyclic) bond motifs is 1. The number of hydrogen-bond donors (Lipinski definition) is 2. The summed E-state index contributed by atoms with van der Waals surface area (Å²) in [5.41, 5.74) is 6.91. The van der Waals surface area contributed by atoms with Crippen molar-refractivity contribution in [1.82, 2.24) is 20.3 Å². The van der Waals surface area contributed by atoms with Gasteiger partial charge in [-0.05, 0) is 112 Å². The number of nitrogens with one attached hydrogen (secondary N) is 2. The minimum Gasteiger partial charge on any atom is -0.457 e. The molecule has 8 nitrogen and oxygen atoms in total. The molecule has 43 heavy (non-hydrogen) atoms. The first-order chi connectivity index (χ1) is 20.7. The summed E-state index contributed by atoms with van der Waals surface area (Å²) in [7, 11) is 0. The third-order valence-electron chi connectivity index (χ3n) is 6.98. The van der Waals surface area contributed by atoms with Gasteiger partial charge in [0.25, 0.3) is 0 Å². The van der Waals surface area contributed by atoms with Crippen molar-refractivity contribution in [2.75, 3.05) is 23.3 Å². The molecule has 220 valence electrons. The van der Waals surface area contributed by atoms with E-state index in [0.717, 1.165) is 41.1 Å². The number of amides is 1. The number of benzene rings is 3. The van der Waals surface area contributed by atoms with Gasteiger partial charge in [-0.2, -0.15) is 4.80 Å². The van der Waals surface area contributed by atoms with Gasteiger partial charge in [-0.3, -0.25) is 10.1 Å². The second-order valence-electron chi connectivity index (χ2n) is 9.87. The number of carbonyl (C=O) groups is 1. The highest BCUT2D eigenvalue weighted by molar-refractivity contribution is 7.80. The maximum Gasteiger partial charge on any atom is 0.250 e. The molecule has 2 N–H and O–H groups in total. The molecule has 0 atom stereocenters. The molecule has 2 aromatic heterocycles. The zero-order valence-corrected chi connectivity index (χ0v) is 26.4. The van der Waals surface area contributed by atoms with Crippen LogP contribution >= 0.6 is 35.4 Å². The van der Waals surface area contributed by atoms with Crippen LogP contribution in [-0.4, -0.2) is 39.1 Å². The molecule has 0 saturated heterocycles. The third-order valence-corrected chi connectivity index (χ3v) is 8.00. The number of anilines is 2. The highest BCUT2D eigenvalue weighted by Gasteiger charge is 2.14. The molecule has 0 unspecified atom stereocenters. The predicted molar refractivity (Wildman–Crippen MR) is 179 cm³/mol. The van der Waals surface area contributed by atoms with Gasteiger partial charge in [0.05, 0.1) is 15.7 Å². The van der Waals surface area contributed by atoms with E-state index >= 15 is 0 Å². The second-order valence-corrected chi connectivity index (χ2v) is 11.1. The molecule has 0 fully saturated rings. The fourth-order valence-electron chi connectivity index (χ4n) is 4.71. The van der Waals surface area contributed by atoms with Crippen LogP contribution in [0.5, 0.6) is 0 Å². The molecule has 0 spiro atoms. The van der Waals surface area contributed by atoms with E-state index in [-0.39, 0.29) is 5.11 Å². The van der Waals surface area contributed by atoms with E-state index in [2.05, 4.69) is 48.4 Å². The zero-order chi connectivity index (χ0) is 30.7. The number of nitrogens with zero attached hydrogens (tertiary/aromatic N) is 4. The average Bonchev–Trinajstić information content (AvgIpc) is 3.61. The third kappa shape index (κ3) is 6.74. The van der Waals surface area contributed by atoms with Gasteiger partial charge in [0.15, 0.2) is 5.11 Å². The zero-order valence-electron chi connectivity index (χ0n) is 24.1. The summed E-state index contributed by atoms with van der Waals surface area (Å²) in [4.78, 5) is 16.5. The molecule has 1 amide bonds. The van der Waals surface area contributed by atoms with Crippen LogP contribution in [0.2, 0.25) is 10.0 Å². The lowest BCUT2D eigenvalue weighted by Crippen LogP contribution is -2.33. The molecule has 0 aliphatic heterocycles. The molecule has 0 aliphatic rings. The predicted octanol–water partition coefficient (Wildman–Crippen LogP) is 7.98. The smallest absolute Gasteiger partial charge is 0.250 e. The van der Waals surface area contributed by atoms with Crippen LogP contribution in [0.15, 0.2) is 71.2 Å². The van der Waals surface area contributed by atoms with Crippen molar-refractivity contribution in [2.45, 2.75) is 27.7 Å². The minimum absolute atomic E-state index is 0.151. The first kappa shape index (κ1) is 30.3. The summed E-state index contributed by atoms with van der Waals surface area (Å²) in [6, 6.07) is 18.9. The number of aromatic nitrogens is 3. The van der Waals surface area contributed by atoms with Crippen LogP contribution < -0.4 is 15.5 Å². The van der Waals surface area contributed by atoms with Crippen molar-refractivity contribution in [2.24, 2.45) is 0 Å². The molecule has 0 saturated carbocycles. The molecular formula is C32H30Cl2N6O2S. The first-order valence-corrected chi connectivity index (χ1v) is 14.9. The molecule has 0 aliphatic carbocycles. The Bertz CT molecular complexity index is 1860. The van der Waals surface area contributed by atoms with Gasteiger partial charge < -0.3 is 14.6 Å². The summed E-state index contributed by atoms with van der Waals surface area (Å²) < 4.78 is 5.81. The van der Waals surface area contributed by atoms with Crippen LogP contribution in [-0.2, 0) is 4.79 Å². The maximum absolute atomic E-state index is 12.6. The van der Waals surface area contributed by atoms with E-state index < -0.39 is 5.91 Å². The lowest BCUT2D eigenvalue weighted by atomic mass is 10.1. The highest BCUT2D eigenvalue weighted by atomic mass is 35.5. The summed E-state index contributed by atoms with van der Waals surface area (Å²) in [6.45, 7) is 10.2. The molecule has 0 bridgehead atoms. The molecule has 5 aromatic rings. The van der Waals surface area contributed by atoms with E-state index in [1.807, 2.05) is 31.2 Å². The van der Waals surface area contributed by atoms with Crippen molar-refractivity contribution in [3.63, 3.8) is 0 Å². The Morgan fingerprint density at radius 1 is 1.00 bits per heavy atom. The van der Waals surface area contributed by atoms with Crippen LogP contribution in [0.3, 0.4) is 0 Å². The molecule has 0 radical (unpaired) electrons. The van der Waals surface area contributed by atoms with Crippen LogP contribution in [0.4, 0.5) is 11.4 Å². The molecule has 11 heteroatoms. The Morgan fingerprint density at radius 3 is 2.47 bits per heavy atom. The summed E-state index contributed by atoms with van der Waals surface area (Å²) in [6.07, 6.45) is 2.89. The Hall–Kier alpha value is -4.18. The van der Waals surface area contributed by atoms with Gasteiger partial charge >= 0.3 is 0 Å². The quantitative estimate of drug-likeness (QED) is 0.132. The van der Waals surface area contributed by atoms with E-state index in [0.29, 0.717) is 32.6 Å².